The summed E-state index contributed by atoms with van der Waals surface area (Å²) in [4.78, 5) is 26.5. The van der Waals surface area contributed by atoms with Crippen LogP contribution >= 0.6 is 0 Å². The van der Waals surface area contributed by atoms with Crippen molar-refractivity contribution in [2.75, 3.05) is 20.8 Å². The first-order valence-corrected chi connectivity index (χ1v) is 12.8. The zero-order valence-corrected chi connectivity index (χ0v) is 22.4. The summed E-state index contributed by atoms with van der Waals surface area (Å²) in [7, 11) is 3.23. The number of ether oxygens (including phenoxy) is 4. The molecule has 9 nitrogen and oxygen atoms in total. The maximum Gasteiger partial charge on any atom is 0.330 e. The number of aryl methyl sites for hydroxylation is 1. The van der Waals surface area contributed by atoms with Gasteiger partial charge >= 0.3 is 5.69 Å². The molecule has 0 saturated carbocycles. The van der Waals surface area contributed by atoms with Crippen molar-refractivity contribution < 1.29 is 24.1 Å². The molecule has 1 aliphatic rings. The largest absolute Gasteiger partial charge is 0.497 e. The molecule has 5 rings (SSSR count). The fourth-order valence-corrected chi connectivity index (χ4v) is 5.00. The van der Waals surface area contributed by atoms with E-state index in [1.54, 1.807) is 27.6 Å². The number of nitrogens with one attached hydrogen (secondary N) is 1. The first kappa shape index (κ1) is 27.4. The van der Waals surface area contributed by atoms with E-state index in [0.29, 0.717) is 17.1 Å². The average Bonchev–Trinajstić information content (AvgIpc) is 3.36. The summed E-state index contributed by atoms with van der Waals surface area (Å²) in [5.74, 6) is 1.42. The highest BCUT2D eigenvalue weighted by molar-refractivity contribution is 5.49. The van der Waals surface area contributed by atoms with E-state index in [-0.39, 0.29) is 6.61 Å². The van der Waals surface area contributed by atoms with Crippen molar-refractivity contribution in [2.45, 2.75) is 31.0 Å². The number of nitrogens with zero attached hydrogens (tertiary/aromatic N) is 1. The molecule has 207 valence electrons. The van der Waals surface area contributed by atoms with Gasteiger partial charge in [-0.2, -0.15) is 0 Å². The van der Waals surface area contributed by atoms with Gasteiger partial charge in [-0.1, -0.05) is 54.6 Å². The van der Waals surface area contributed by atoms with E-state index in [9.17, 15) is 14.7 Å². The van der Waals surface area contributed by atoms with Crippen molar-refractivity contribution in [3.8, 4) is 11.5 Å². The van der Waals surface area contributed by atoms with Gasteiger partial charge in [-0.15, -0.1) is 0 Å². The fraction of sp³-hybridized carbons (Fsp3) is 0.258. The molecular formula is C31H31N2O7. The number of methoxy groups -OCH3 is 2. The Morgan fingerprint density at radius 3 is 1.98 bits per heavy atom. The van der Waals surface area contributed by atoms with Gasteiger partial charge in [0.05, 0.1) is 26.9 Å². The number of rotatable bonds is 9. The Kier molecular flexibility index (Phi) is 7.88. The molecule has 0 amide bonds. The van der Waals surface area contributed by atoms with Crippen molar-refractivity contribution >= 4 is 0 Å². The highest BCUT2D eigenvalue weighted by Crippen LogP contribution is 2.42. The van der Waals surface area contributed by atoms with Crippen molar-refractivity contribution in [3.05, 3.63) is 135 Å². The van der Waals surface area contributed by atoms with Crippen molar-refractivity contribution in [1.82, 2.24) is 9.55 Å². The monoisotopic (exact) mass is 543 g/mol. The Balaban J connectivity index is 1.53. The number of H-pyrrole nitrogens is 1. The minimum Gasteiger partial charge on any atom is -0.497 e. The average molecular weight is 544 g/mol. The quantitative estimate of drug-likeness (QED) is 0.312. The number of aliphatic hydroxyl groups excluding tert-OH is 1. The topological polar surface area (TPSA) is 112 Å². The van der Waals surface area contributed by atoms with Crippen LogP contribution in [0.1, 0.15) is 28.5 Å². The number of aliphatic hydroxyl groups is 1. The molecule has 2 heterocycles. The van der Waals surface area contributed by atoms with Gasteiger partial charge in [-0.05, 0) is 47.9 Å². The summed E-state index contributed by atoms with van der Waals surface area (Å²) < 4.78 is 24.9. The predicted molar refractivity (Wildman–Crippen MR) is 149 cm³/mol. The van der Waals surface area contributed by atoms with Crippen molar-refractivity contribution in [1.29, 1.82) is 0 Å². The number of benzene rings is 3. The van der Waals surface area contributed by atoms with Crippen LogP contribution in [-0.2, 0) is 15.1 Å². The molecule has 3 aromatic carbocycles. The van der Waals surface area contributed by atoms with Gasteiger partial charge in [-0.3, -0.25) is 14.3 Å². The molecule has 2 N–H and O–H groups in total. The van der Waals surface area contributed by atoms with Crippen LogP contribution in [0, 0.1) is 13.3 Å². The summed E-state index contributed by atoms with van der Waals surface area (Å²) in [5, 5.41) is 10.8. The van der Waals surface area contributed by atoms with Gasteiger partial charge in [0, 0.05) is 18.2 Å². The zero-order valence-electron chi connectivity index (χ0n) is 22.4. The van der Waals surface area contributed by atoms with Crippen LogP contribution in [0.25, 0.3) is 0 Å². The molecular weight excluding hydrogens is 512 g/mol. The summed E-state index contributed by atoms with van der Waals surface area (Å²) in [6, 6.07) is 25.2. The van der Waals surface area contributed by atoms with Crippen molar-refractivity contribution in [2.24, 2.45) is 0 Å². The van der Waals surface area contributed by atoms with Crippen LogP contribution in [0.15, 0.2) is 94.6 Å². The van der Waals surface area contributed by atoms with Gasteiger partial charge in [0.15, 0.2) is 6.23 Å². The Labute approximate surface area is 231 Å². The van der Waals surface area contributed by atoms with Crippen LogP contribution in [0.5, 0.6) is 11.5 Å². The maximum absolute atomic E-state index is 12.5. The molecule has 3 atom stereocenters. The Morgan fingerprint density at radius 2 is 1.43 bits per heavy atom. The van der Waals surface area contributed by atoms with Gasteiger partial charge in [0.2, 0.25) is 0 Å². The van der Waals surface area contributed by atoms with E-state index < -0.39 is 35.3 Å². The second-order valence-corrected chi connectivity index (χ2v) is 9.54. The second kappa shape index (κ2) is 11.5. The third-order valence-electron chi connectivity index (χ3n) is 7.08. The van der Waals surface area contributed by atoms with Crippen LogP contribution in [-0.4, -0.2) is 47.7 Å². The molecule has 1 radical (unpaired) electrons. The third kappa shape index (κ3) is 5.19. The zero-order chi connectivity index (χ0) is 28.3. The Morgan fingerprint density at radius 1 is 0.875 bits per heavy atom. The lowest BCUT2D eigenvalue weighted by atomic mass is 9.80. The Hall–Kier alpha value is -4.18. The second-order valence-electron chi connectivity index (χ2n) is 9.54. The highest BCUT2D eigenvalue weighted by Gasteiger charge is 2.42. The standard InChI is InChI=1S/C31H31N2O7/c1-20-18-33(30(36)32-28(20)35)29-27(34)17-26(40-29)19-39-31(21-7-5-4-6-8-21,22-9-13-24(37-2)14-10-22)23-11-15-25(38-3)16-12-23/h4-18,26-27,29,34H,19H2,1-3H3,(H,32,35,36)/t26-,27+,29+/m0/s1. The van der Waals surface area contributed by atoms with Crippen molar-refractivity contribution in [3.63, 3.8) is 0 Å². The van der Waals surface area contributed by atoms with E-state index >= 15 is 0 Å². The maximum atomic E-state index is 12.5. The molecule has 1 fully saturated rings. The summed E-state index contributed by atoms with van der Waals surface area (Å²) in [5.41, 5.74) is 0.712. The molecule has 1 aromatic heterocycles. The minimum atomic E-state index is -1.09. The summed E-state index contributed by atoms with van der Waals surface area (Å²) in [6.07, 6.45) is 0.220. The molecule has 9 heteroatoms. The number of hydrogen-bond acceptors (Lipinski definition) is 7. The van der Waals surface area contributed by atoms with E-state index in [1.807, 2.05) is 78.9 Å². The summed E-state index contributed by atoms with van der Waals surface area (Å²) >= 11 is 0. The first-order chi connectivity index (χ1) is 19.3. The van der Waals surface area contributed by atoms with E-state index in [0.717, 1.165) is 16.7 Å². The molecule has 0 aliphatic carbocycles. The van der Waals surface area contributed by atoms with Gasteiger partial charge in [-0.25, -0.2) is 4.79 Å². The van der Waals surface area contributed by atoms with E-state index in [1.165, 1.54) is 10.8 Å². The lowest BCUT2D eigenvalue weighted by Gasteiger charge is -2.37. The van der Waals surface area contributed by atoms with Crippen LogP contribution in [0.2, 0.25) is 0 Å². The van der Waals surface area contributed by atoms with E-state index in [2.05, 4.69) is 4.98 Å². The third-order valence-corrected chi connectivity index (χ3v) is 7.08. The molecule has 0 spiro atoms. The smallest absolute Gasteiger partial charge is 0.330 e. The SMILES string of the molecule is COc1ccc(C(OC[C@@H]2[CH][C@@H](O)[C@H](n3cc(C)c(=O)[nH]c3=O)O2)(c2ccccc2)c2ccc(OC)cc2)cc1. The molecule has 0 bridgehead atoms. The molecule has 40 heavy (non-hydrogen) atoms. The van der Waals surface area contributed by atoms with Crippen LogP contribution in [0.4, 0.5) is 0 Å². The number of aromatic nitrogens is 2. The van der Waals surface area contributed by atoms with Crippen LogP contribution < -0.4 is 20.7 Å². The molecule has 1 saturated heterocycles. The highest BCUT2D eigenvalue weighted by atomic mass is 16.6. The predicted octanol–water partition coefficient (Wildman–Crippen LogP) is 3.33. The number of aromatic amines is 1. The minimum absolute atomic E-state index is 0.0532. The number of hydrogen-bond donors (Lipinski definition) is 2. The lowest BCUT2D eigenvalue weighted by molar-refractivity contribution is -0.0859. The Bertz CT molecular complexity index is 1500. The summed E-state index contributed by atoms with van der Waals surface area (Å²) in [6.45, 7) is 1.63. The first-order valence-electron chi connectivity index (χ1n) is 12.8. The van der Waals surface area contributed by atoms with Gasteiger partial charge < -0.3 is 24.1 Å². The lowest BCUT2D eigenvalue weighted by Crippen LogP contribution is -2.37. The normalized spacial score (nSPS) is 18.9. The van der Waals surface area contributed by atoms with E-state index in [4.69, 9.17) is 18.9 Å². The van der Waals surface area contributed by atoms with Gasteiger partial charge in [0.25, 0.3) is 5.56 Å². The van der Waals surface area contributed by atoms with Gasteiger partial charge in [0.1, 0.15) is 23.2 Å². The fourth-order valence-electron chi connectivity index (χ4n) is 5.00. The van der Waals surface area contributed by atoms with Crippen LogP contribution in [0.3, 0.4) is 0 Å². The molecule has 1 aliphatic heterocycles. The molecule has 0 unspecified atom stereocenters. The molecule has 4 aromatic rings.